The molecule has 2 rings (SSSR count). The van der Waals surface area contributed by atoms with Gasteiger partial charge in [0.2, 0.25) is 0 Å². The van der Waals surface area contributed by atoms with Gasteiger partial charge in [0, 0.05) is 18.1 Å². The van der Waals surface area contributed by atoms with Crippen LogP contribution in [0.25, 0.3) is 0 Å². The molecule has 0 aliphatic heterocycles. The number of ether oxygens (including phenoxy) is 1. The first-order chi connectivity index (χ1) is 9.86. The van der Waals surface area contributed by atoms with E-state index >= 15 is 0 Å². The van der Waals surface area contributed by atoms with Crippen LogP contribution >= 0.6 is 70.4 Å². The summed E-state index contributed by atoms with van der Waals surface area (Å²) in [5, 5.41) is 0. The van der Waals surface area contributed by atoms with Crippen molar-refractivity contribution in [2.75, 3.05) is 7.11 Å². The Kier molecular flexibility index (Phi) is 6.19. The lowest BCUT2D eigenvalue weighted by atomic mass is 9.97. The van der Waals surface area contributed by atoms with Gasteiger partial charge in [0.05, 0.1) is 11.9 Å². The van der Waals surface area contributed by atoms with Gasteiger partial charge < -0.3 is 4.74 Å². The molecule has 5 heteroatoms. The number of benzene rings is 2. The van der Waals surface area contributed by atoms with Crippen LogP contribution in [-0.4, -0.2) is 7.11 Å². The zero-order chi connectivity index (χ0) is 15.7. The fourth-order valence-corrected chi connectivity index (χ4v) is 5.10. The van der Waals surface area contributed by atoms with Crippen LogP contribution in [0.3, 0.4) is 0 Å². The standard InChI is InChI=1S/C16H14Br3IO/c1-8-6-13(18)9(2)14(16(8)21-3)15(19)11-7-10(20)4-5-12(11)17/h4-7,15H,1-3H3. The van der Waals surface area contributed by atoms with Crippen molar-refractivity contribution in [3.05, 3.63) is 59.0 Å². The number of hydrogen-bond acceptors (Lipinski definition) is 1. The van der Waals surface area contributed by atoms with Gasteiger partial charge >= 0.3 is 0 Å². The molecule has 21 heavy (non-hydrogen) atoms. The molecule has 0 aromatic heterocycles. The molecule has 0 N–H and O–H groups in total. The molecule has 0 amide bonds. The van der Waals surface area contributed by atoms with Crippen LogP contribution in [0.1, 0.15) is 27.1 Å². The predicted octanol–water partition coefficient (Wildman–Crippen LogP) is 6.93. The lowest BCUT2D eigenvalue weighted by Gasteiger charge is -2.21. The third kappa shape index (κ3) is 3.67. The van der Waals surface area contributed by atoms with Crippen molar-refractivity contribution in [3.63, 3.8) is 0 Å². The van der Waals surface area contributed by atoms with Crippen LogP contribution in [-0.2, 0) is 0 Å². The van der Waals surface area contributed by atoms with E-state index in [4.69, 9.17) is 4.74 Å². The largest absolute Gasteiger partial charge is 0.496 e. The molecule has 0 aliphatic carbocycles. The highest BCUT2D eigenvalue weighted by Gasteiger charge is 2.23. The topological polar surface area (TPSA) is 9.23 Å². The molecule has 1 atom stereocenters. The first kappa shape index (κ1) is 17.8. The molecule has 0 heterocycles. The van der Waals surface area contributed by atoms with E-state index in [0.717, 1.165) is 25.8 Å². The van der Waals surface area contributed by atoms with Crippen LogP contribution in [0.4, 0.5) is 0 Å². The van der Waals surface area contributed by atoms with Gasteiger partial charge in [0.25, 0.3) is 0 Å². The average molecular weight is 589 g/mol. The van der Waals surface area contributed by atoms with Crippen molar-refractivity contribution in [2.24, 2.45) is 0 Å². The van der Waals surface area contributed by atoms with Gasteiger partial charge in [-0.15, -0.1) is 0 Å². The summed E-state index contributed by atoms with van der Waals surface area (Å²) >= 11 is 13.5. The molecule has 0 saturated carbocycles. The van der Waals surface area contributed by atoms with Gasteiger partial charge in [-0.2, -0.15) is 0 Å². The Balaban J connectivity index is 2.68. The van der Waals surface area contributed by atoms with Crippen LogP contribution in [0.2, 0.25) is 0 Å². The monoisotopic (exact) mass is 586 g/mol. The minimum Gasteiger partial charge on any atom is -0.496 e. The second kappa shape index (κ2) is 7.32. The van der Waals surface area contributed by atoms with Crippen LogP contribution in [0, 0.1) is 17.4 Å². The normalized spacial score (nSPS) is 12.3. The maximum Gasteiger partial charge on any atom is 0.126 e. The van der Waals surface area contributed by atoms with E-state index < -0.39 is 0 Å². The van der Waals surface area contributed by atoms with Crippen molar-refractivity contribution in [1.82, 2.24) is 0 Å². The highest BCUT2D eigenvalue weighted by atomic mass is 127. The van der Waals surface area contributed by atoms with Crippen molar-refractivity contribution in [1.29, 1.82) is 0 Å². The summed E-state index contributed by atoms with van der Waals surface area (Å²) in [5.74, 6) is 0.934. The van der Waals surface area contributed by atoms with Crippen LogP contribution in [0.15, 0.2) is 33.2 Å². The Morgan fingerprint density at radius 1 is 1.10 bits per heavy atom. The number of rotatable bonds is 3. The Morgan fingerprint density at radius 2 is 1.76 bits per heavy atom. The Hall–Kier alpha value is 0.410. The summed E-state index contributed by atoms with van der Waals surface area (Å²) < 4.78 is 9.05. The molecule has 0 bridgehead atoms. The number of methoxy groups -OCH3 is 1. The summed E-state index contributed by atoms with van der Waals surface area (Å²) in [4.78, 5) is 0.0627. The van der Waals surface area contributed by atoms with E-state index in [1.54, 1.807) is 7.11 Å². The van der Waals surface area contributed by atoms with Gasteiger partial charge in [-0.1, -0.05) is 47.8 Å². The molecule has 1 nitrogen and oxygen atoms in total. The van der Waals surface area contributed by atoms with Crippen molar-refractivity contribution < 1.29 is 4.74 Å². The summed E-state index contributed by atoms with van der Waals surface area (Å²) in [5.41, 5.74) is 4.66. The third-order valence-corrected chi connectivity index (χ3v) is 6.56. The number of alkyl halides is 1. The van der Waals surface area contributed by atoms with E-state index in [1.165, 1.54) is 14.7 Å². The lowest BCUT2D eigenvalue weighted by molar-refractivity contribution is 0.406. The lowest BCUT2D eigenvalue weighted by Crippen LogP contribution is -2.03. The quantitative estimate of drug-likeness (QED) is 0.279. The zero-order valence-corrected chi connectivity index (χ0v) is 18.7. The average Bonchev–Trinajstić information content (AvgIpc) is 2.44. The second-order valence-electron chi connectivity index (χ2n) is 4.78. The van der Waals surface area contributed by atoms with Gasteiger partial charge in [0.15, 0.2) is 0 Å². The Bertz CT molecular complexity index is 686. The molecule has 0 aliphatic rings. The molecule has 2 aromatic rings. The highest BCUT2D eigenvalue weighted by molar-refractivity contribution is 14.1. The molecular formula is C16H14Br3IO. The van der Waals surface area contributed by atoms with Gasteiger partial charge in [0.1, 0.15) is 5.75 Å². The van der Waals surface area contributed by atoms with E-state index in [9.17, 15) is 0 Å². The predicted molar refractivity (Wildman–Crippen MR) is 108 cm³/mol. The van der Waals surface area contributed by atoms with E-state index in [0.29, 0.717) is 0 Å². The summed E-state index contributed by atoms with van der Waals surface area (Å²) in [6.45, 7) is 4.17. The third-order valence-electron chi connectivity index (χ3n) is 3.40. The Labute approximate surface area is 164 Å². The van der Waals surface area contributed by atoms with Gasteiger partial charge in [-0.3, -0.25) is 0 Å². The molecule has 1 unspecified atom stereocenters. The van der Waals surface area contributed by atoms with Crippen LogP contribution in [0.5, 0.6) is 5.75 Å². The number of hydrogen-bond donors (Lipinski definition) is 0. The SMILES string of the molecule is COc1c(C)cc(Br)c(C)c1C(Br)c1cc(I)ccc1Br. The second-order valence-corrected chi connectivity index (χ2v) is 8.65. The molecule has 0 fully saturated rings. The minimum atomic E-state index is 0.0627. The minimum absolute atomic E-state index is 0.0627. The Morgan fingerprint density at radius 3 is 2.38 bits per heavy atom. The van der Waals surface area contributed by atoms with Crippen molar-refractivity contribution >= 4 is 70.4 Å². The fraction of sp³-hybridized carbons (Fsp3) is 0.250. The van der Waals surface area contributed by atoms with Crippen molar-refractivity contribution in [3.8, 4) is 5.75 Å². The first-order valence-corrected chi connectivity index (χ1v) is 9.87. The first-order valence-electron chi connectivity index (χ1n) is 6.29. The number of aryl methyl sites for hydroxylation is 1. The van der Waals surface area contributed by atoms with E-state index in [1.807, 2.05) is 0 Å². The smallest absolute Gasteiger partial charge is 0.126 e. The van der Waals surface area contributed by atoms with Gasteiger partial charge in [-0.25, -0.2) is 0 Å². The summed E-state index contributed by atoms with van der Waals surface area (Å²) in [7, 11) is 1.72. The molecule has 112 valence electrons. The number of halogens is 4. The maximum atomic E-state index is 5.66. The maximum absolute atomic E-state index is 5.66. The summed E-state index contributed by atoms with van der Waals surface area (Å²) in [6, 6.07) is 8.45. The zero-order valence-electron chi connectivity index (χ0n) is 11.8. The molecule has 0 saturated heterocycles. The van der Waals surface area contributed by atoms with E-state index in [-0.39, 0.29) is 4.83 Å². The molecule has 0 spiro atoms. The molecular weight excluding hydrogens is 575 g/mol. The fourth-order valence-electron chi connectivity index (χ4n) is 2.32. The van der Waals surface area contributed by atoms with Crippen molar-refractivity contribution in [2.45, 2.75) is 18.7 Å². The van der Waals surface area contributed by atoms with Gasteiger partial charge in [-0.05, 0) is 77.4 Å². The highest BCUT2D eigenvalue weighted by Crippen LogP contribution is 2.44. The van der Waals surface area contributed by atoms with E-state index in [2.05, 4.69) is 108 Å². The molecule has 2 aromatic carbocycles. The van der Waals surface area contributed by atoms with Crippen LogP contribution < -0.4 is 4.74 Å². The summed E-state index contributed by atoms with van der Waals surface area (Å²) in [6.07, 6.45) is 0. The molecule has 0 radical (unpaired) electrons.